The third-order valence-corrected chi connectivity index (χ3v) is 4.43. The smallest absolute Gasteiger partial charge is 0.277 e. The van der Waals surface area contributed by atoms with Crippen LogP contribution in [0.1, 0.15) is 31.9 Å². The Kier molecular flexibility index (Phi) is 5.31. The summed E-state index contributed by atoms with van der Waals surface area (Å²) in [5, 5.41) is 3.13. The Morgan fingerprint density at radius 2 is 1.59 bits per heavy atom. The second-order valence-electron chi connectivity index (χ2n) is 6.79. The largest absolute Gasteiger partial charge is 0.491 e. The Labute approximate surface area is 159 Å². The van der Waals surface area contributed by atoms with Crippen molar-refractivity contribution in [3.05, 3.63) is 65.4 Å². The molecule has 0 radical (unpaired) electrons. The molecule has 27 heavy (non-hydrogen) atoms. The number of benzene rings is 2. The highest BCUT2D eigenvalue weighted by Crippen LogP contribution is 2.30. The molecule has 3 rings (SSSR count). The van der Waals surface area contributed by atoms with Crippen LogP contribution in [0.25, 0.3) is 5.57 Å². The predicted molar refractivity (Wildman–Crippen MR) is 106 cm³/mol. The second-order valence-corrected chi connectivity index (χ2v) is 6.79. The number of nitrogens with one attached hydrogen (secondary N) is 1. The number of carbonyl (C=O) groups excluding carboxylic acids is 2. The van der Waals surface area contributed by atoms with E-state index in [9.17, 15) is 9.59 Å². The topological polar surface area (TPSA) is 58.6 Å². The Bertz CT molecular complexity index is 881. The summed E-state index contributed by atoms with van der Waals surface area (Å²) in [4.78, 5) is 26.4. The second kappa shape index (κ2) is 7.66. The molecule has 5 heteroatoms. The van der Waals surface area contributed by atoms with Gasteiger partial charge in [-0.2, -0.15) is 0 Å². The van der Waals surface area contributed by atoms with Gasteiger partial charge in [-0.25, -0.2) is 0 Å². The zero-order chi connectivity index (χ0) is 19.6. The zero-order valence-electron chi connectivity index (χ0n) is 16.1. The van der Waals surface area contributed by atoms with Gasteiger partial charge in [0.25, 0.3) is 11.8 Å². The van der Waals surface area contributed by atoms with Gasteiger partial charge in [0.15, 0.2) is 0 Å². The Morgan fingerprint density at radius 3 is 2.15 bits per heavy atom. The SMILES string of the molecule is CCc1ccc(NC2=C(c3ccc(OC(C)C)cc3)C(=O)N(C)C2=O)cc1. The molecule has 0 spiro atoms. The lowest BCUT2D eigenvalue weighted by Gasteiger charge is -2.11. The lowest BCUT2D eigenvalue weighted by molar-refractivity contribution is -0.135. The van der Waals surface area contributed by atoms with E-state index >= 15 is 0 Å². The summed E-state index contributed by atoms with van der Waals surface area (Å²) < 4.78 is 5.65. The minimum Gasteiger partial charge on any atom is -0.491 e. The number of anilines is 1. The van der Waals surface area contributed by atoms with E-state index in [1.54, 1.807) is 12.1 Å². The van der Waals surface area contributed by atoms with Gasteiger partial charge in [0.2, 0.25) is 0 Å². The zero-order valence-corrected chi connectivity index (χ0v) is 16.1. The third-order valence-electron chi connectivity index (χ3n) is 4.43. The molecule has 1 aliphatic rings. The normalized spacial score (nSPS) is 14.3. The molecular weight excluding hydrogens is 340 g/mol. The lowest BCUT2D eigenvalue weighted by atomic mass is 10.0. The lowest BCUT2D eigenvalue weighted by Crippen LogP contribution is -2.27. The fourth-order valence-corrected chi connectivity index (χ4v) is 2.97. The van der Waals surface area contributed by atoms with Crippen LogP contribution < -0.4 is 10.1 Å². The van der Waals surface area contributed by atoms with E-state index < -0.39 is 0 Å². The fourth-order valence-electron chi connectivity index (χ4n) is 2.97. The standard InChI is InChI=1S/C22H24N2O3/c1-5-15-6-10-17(11-7-15)23-20-19(21(25)24(4)22(20)26)16-8-12-18(13-9-16)27-14(2)3/h6-14,23H,5H2,1-4H3. The van der Waals surface area contributed by atoms with Crippen molar-refractivity contribution in [3.8, 4) is 5.75 Å². The van der Waals surface area contributed by atoms with Gasteiger partial charge in [-0.3, -0.25) is 14.5 Å². The van der Waals surface area contributed by atoms with Crippen LogP contribution in [0.3, 0.4) is 0 Å². The van der Waals surface area contributed by atoms with E-state index in [0.29, 0.717) is 16.8 Å². The van der Waals surface area contributed by atoms with Gasteiger partial charge < -0.3 is 10.1 Å². The molecule has 1 heterocycles. The van der Waals surface area contributed by atoms with Crippen LogP contribution in [0, 0.1) is 0 Å². The highest BCUT2D eigenvalue weighted by molar-refractivity contribution is 6.36. The molecule has 2 amide bonds. The van der Waals surface area contributed by atoms with Crippen molar-refractivity contribution in [1.29, 1.82) is 0 Å². The van der Waals surface area contributed by atoms with Crippen molar-refractivity contribution in [2.45, 2.75) is 33.3 Å². The van der Waals surface area contributed by atoms with E-state index in [1.165, 1.54) is 12.6 Å². The molecule has 5 nitrogen and oxygen atoms in total. The Hall–Kier alpha value is -3.08. The first kappa shape index (κ1) is 18.7. The molecule has 0 aliphatic carbocycles. The first-order valence-corrected chi connectivity index (χ1v) is 9.10. The van der Waals surface area contributed by atoms with E-state index in [0.717, 1.165) is 22.8 Å². The predicted octanol–water partition coefficient (Wildman–Crippen LogP) is 3.86. The summed E-state index contributed by atoms with van der Waals surface area (Å²) in [5.41, 5.74) is 3.33. The van der Waals surface area contributed by atoms with Gasteiger partial charge in [-0.15, -0.1) is 0 Å². The van der Waals surface area contributed by atoms with Gasteiger partial charge in [-0.1, -0.05) is 31.2 Å². The van der Waals surface area contributed by atoms with Gasteiger partial charge in [-0.05, 0) is 55.7 Å². The maximum absolute atomic E-state index is 12.7. The van der Waals surface area contributed by atoms with Crippen molar-refractivity contribution in [2.75, 3.05) is 12.4 Å². The molecule has 140 valence electrons. The maximum Gasteiger partial charge on any atom is 0.277 e. The molecule has 0 unspecified atom stereocenters. The van der Waals surface area contributed by atoms with Crippen LogP contribution in [0.15, 0.2) is 54.2 Å². The number of ether oxygens (including phenoxy) is 1. The number of imide groups is 1. The number of rotatable bonds is 6. The summed E-state index contributed by atoms with van der Waals surface area (Å²) >= 11 is 0. The van der Waals surface area contributed by atoms with Gasteiger partial charge in [0.1, 0.15) is 11.4 Å². The summed E-state index contributed by atoms with van der Waals surface area (Å²) in [5.74, 6) is 0.0754. The molecular formula is C22H24N2O3. The summed E-state index contributed by atoms with van der Waals surface area (Å²) in [6, 6.07) is 15.1. The molecule has 0 saturated carbocycles. The van der Waals surface area contributed by atoms with Gasteiger partial charge in [0.05, 0.1) is 11.7 Å². The number of amides is 2. The summed E-state index contributed by atoms with van der Waals surface area (Å²) in [6.45, 7) is 6.00. The first-order chi connectivity index (χ1) is 12.9. The number of hydrogen-bond acceptors (Lipinski definition) is 4. The number of hydrogen-bond donors (Lipinski definition) is 1. The van der Waals surface area contributed by atoms with Crippen LogP contribution in [-0.4, -0.2) is 29.9 Å². The number of likely N-dealkylation sites (N-methyl/N-ethyl adjacent to an activating group) is 1. The Balaban J connectivity index is 1.96. The third kappa shape index (κ3) is 3.87. The van der Waals surface area contributed by atoms with Crippen molar-refractivity contribution in [1.82, 2.24) is 4.90 Å². The highest BCUT2D eigenvalue weighted by atomic mass is 16.5. The monoisotopic (exact) mass is 364 g/mol. The molecule has 0 bridgehead atoms. The highest BCUT2D eigenvalue weighted by Gasteiger charge is 2.36. The molecule has 0 fully saturated rings. The minimum atomic E-state index is -0.336. The first-order valence-electron chi connectivity index (χ1n) is 9.10. The van der Waals surface area contributed by atoms with E-state index in [-0.39, 0.29) is 17.9 Å². The average Bonchev–Trinajstić information content (AvgIpc) is 2.87. The average molecular weight is 364 g/mol. The summed E-state index contributed by atoms with van der Waals surface area (Å²) in [6.07, 6.45) is 1.01. The van der Waals surface area contributed by atoms with Crippen LogP contribution >= 0.6 is 0 Å². The van der Waals surface area contributed by atoms with E-state index in [2.05, 4.69) is 12.2 Å². The van der Waals surface area contributed by atoms with Crippen molar-refractivity contribution in [2.24, 2.45) is 0 Å². The minimum absolute atomic E-state index is 0.0687. The number of nitrogens with zero attached hydrogens (tertiary/aromatic N) is 1. The van der Waals surface area contributed by atoms with E-state index in [4.69, 9.17) is 4.74 Å². The molecule has 1 aliphatic heterocycles. The van der Waals surface area contributed by atoms with Crippen molar-refractivity contribution >= 4 is 23.1 Å². The van der Waals surface area contributed by atoms with Gasteiger partial charge in [0, 0.05) is 12.7 Å². The van der Waals surface area contributed by atoms with Crippen molar-refractivity contribution < 1.29 is 14.3 Å². The molecule has 2 aromatic carbocycles. The molecule has 1 N–H and O–H groups in total. The van der Waals surface area contributed by atoms with Crippen LogP contribution in [0.4, 0.5) is 5.69 Å². The molecule has 2 aromatic rings. The molecule has 0 atom stereocenters. The molecule has 0 saturated heterocycles. The summed E-state index contributed by atoms with van der Waals surface area (Å²) in [7, 11) is 1.50. The number of carbonyl (C=O) groups is 2. The van der Waals surface area contributed by atoms with Crippen molar-refractivity contribution in [3.63, 3.8) is 0 Å². The Morgan fingerprint density at radius 1 is 0.963 bits per heavy atom. The number of aryl methyl sites for hydroxylation is 1. The van der Waals surface area contributed by atoms with E-state index in [1.807, 2.05) is 50.2 Å². The molecule has 0 aromatic heterocycles. The van der Waals surface area contributed by atoms with Crippen LogP contribution in [0.2, 0.25) is 0 Å². The van der Waals surface area contributed by atoms with Crippen LogP contribution in [0.5, 0.6) is 5.75 Å². The fraction of sp³-hybridized carbons (Fsp3) is 0.273. The maximum atomic E-state index is 12.7. The quantitative estimate of drug-likeness (QED) is 0.791. The van der Waals surface area contributed by atoms with Crippen LogP contribution in [-0.2, 0) is 16.0 Å². The van der Waals surface area contributed by atoms with Gasteiger partial charge >= 0.3 is 0 Å².